The highest BCUT2D eigenvalue weighted by molar-refractivity contribution is 7.90. The minimum absolute atomic E-state index is 0.132. The fourth-order valence-electron chi connectivity index (χ4n) is 3.83. The SMILES string of the molecule is Cc1ccc(S(=O)(=O)NC(=O)N2CCCC2C2CCCC2)cc1. The van der Waals surface area contributed by atoms with Gasteiger partial charge in [-0.1, -0.05) is 30.5 Å². The highest BCUT2D eigenvalue weighted by Gasteiger charge is 2.37. The van der Waals surface area contributed by atoms with Crippen LogP contribution in [0.1, 0.15) is 44.1 Å². The zero-order chi connectivity index (χ0) is 16.4. The number of hydrogen-bond donors (Lipinski definition) is 1. The molecule has 1 saturated carbocycles. The molecule has 1 atom stereocenters. The normalized spacial score (nSPS) is 22.5. The van der Waals surface area contributed by atoms with E-state index in [1.165, 1.54) is 25.0 Å². The molecular formula is C17H24N2O3S. The van der Waals surface area contributed by atoms with Gasteiger partial charge in [-0.15, -0.1) is 0 Å². The number of nitrogens with zero attached hydrogens (tertiary/aromatic N) is 1. The summed E-state index contributed by atoms with van der Waals surface area (Å²) in [4.78, 5) is 14.4. The Balaban J connectivity index is 1.71. The highest BCUT2D eigenvalue weighted by Crippen LogP contribution is 2.35. The lowest BCUT2D eigenvalue weighted by molar-refractivity contribution is 0.178. The Morgan fingerprint density at radius 1 is 1.09 bits per heavy atom. The van der Waals surface area contributed by atoms with Crippen molar-refractivity contribution in [2.45, 2.75) is 56.4 Å². The summed E-state index contributed by atoms with van der Waals surface area (Å²) in [6.07, 6.45) is 6.69. The van der Waals surface area contributed by atoms with Crippen molar-refractivity contribution in [3.63, 3.8) is 0 Å². The molecule has 1 aromatic rings. The number of nitrogens with one attached hydrogen (secondary N) is 1. The Bertz CT molecular complexity index is 664. The van der Waals surface area contributed by atoms with E-state index in [2.05, 4.69) is 4.72 Å². The number of hydrogen-bond acceptors (Lipinski definition) is 3. The average Bonchev–Trinajstić information content (AvgIpc) is 3.18. The Kier molecular flexibility index (Phi) is 4.62. The number of urea groups is 1. The molecule has 3 rings (SSSR count). The van der Waals surface area contributed by atoms with Gasteiger partial charge in [-0.25, -0.2) is 17.9 Å². The van der Waals surface area contributed by atoms with Crippen LogP contribution in [0, 0.1) is 12.8 Å². The first-order valence-electron chi connectivity index (χ1n) is 8.37. The first-order valence-corrected chi connectivity index (χ1v) is 9.86. The van der Waals surface area contributed by atoms with Gasteiger partial charge in [0.1, 0.15) is 0 Å². The van der Waals surface area contributed by atoms with Crippen LogP contribution in [-0.4, -0.2) is 31.9 Å². The number of sulfonamides is 1. The topological polar surface area (TPSA) is 66.5 Å². The van der Waals surface area contributed by atoms with Crippen LogP contribution in [0.15, 0.2) is 29.2 Å². The second-order valence-electron chi connectivity index (χ2n) is 6.67. The minimum Gasteiger partial charge on any atom is -0.321 e. The fraction of sp³-hybridized carbons (Fsp3) is 0.588. The lowest BCUT2D eigenvalue weighted by Crippen LogP contribution is -2.47. The van der Waals surface area contributed by atoms with Crippen molar-refractivity contribution in [1.29, 1.82) is 0 Å². The zero-order valence-electron chi connectivity index (χ0n) is 13.5. The molecule has 0 bridgehead atoms. The summed E-state index contributed by atoms with van der Waals surface area (Å²) in [6.45, 7) is 2.54. The third-order valence-corrected chi connectivity index (χ3v) is 6.39. The van der Waals surface area contributed by atoms with Crippen molar-refractivity contribution in [3.8, 4) is 0 Å². The second kappa shape index (κ2) is 6.51. The van der Waals surface area contributed by atoms with Crippen LogP contribution in [-0.2, 0) is 10.0 Å². The van der Waals surface area contributed by atoms with Gasteiger partial charge >= 0.3 is 6.03 Å². The standard InChI is InChI=1S/C17H24N2O3S/c1-13-8-10-15(11-9-13)23(21,22)18-17(20)19-12-4-7-16(19)14-5-2-3-6-14/h8-11,14,16H,2-7,12H2,1H3,(H,18,20). The molecule has 0 spiro atoms. The molecule has 1 saturated heterocycles. The van der Waals surface area contributed by atoms with Crippen molar-refractivity contribution in [2.75, 3.05) is 6.54 Å². The van der Waals surface area contributed by atoms with Gasteiger partial charge in [0.2, 0.25) is 0 Å². The van der Waals surface area contributed by atoms with E-state index in [1.807, 2.05) is 6.92 Å². The second-order valence-corrected chi connectivity index (χ2v) is 8.35. The summed E-state index contributed by atoms with van der Waals surface area (Å²) in [5.41, 5.74) is 0.983. The maximum atomic E-state index is 12.5. The summed E-state index contributed by atoms with van der Waals surface area (Å²) < 4.78 is 27.0. The molecule has 0 aromatic heterocycles. The third-order valence-electron chi connectivity index (χ3n) is 5.06. The van der Waals surface area contributed by atoms with Gasteiger partial charge in [0.05, 0.1) is 4.90 Å². The lowest BCUT2D eigenvalue weighted by Gasteiger charge is -2.29. The van der Waals surface area contributed by atoms with E-state index in [9.17, 15) is 13.2 Å². The van der Waals surface area contributed by atoms with Gasteiger partial charge in [-0.3, -0.25) is 0 Å². The Morgan fingerprint density at radius 2 is 1.74 bits per heavy atom. The van der Waals surface area contributed by atoms with Crippen molar-refractivity contribution >= 4 is 16.1 Å². The molecule has 1 aliphatic heterocycles. The molecule has 1 aliphatic carbocycles. The van der Waals surface area contributed by atoms with E-state index >= 15 is 0 Å². The molecule has 1 N–H and O–H groups in total. The quantitative estimate of drug-likeness (QED) is 0.922. The van der Waals surface area contributed by atoms with Gasteiger partial charge in [-0.05, 0) is 50.7 Å². The molecule has 1 heterocycles. The average molecular weight is 336 g/mol. The van der Waals surface area contributed by atoms with Crippen molar-refractivity contribution in [2.24, 2.45) is 5.92 Å². The van der Waals surface area contributed by atoms with Crippen LogP contribution in [0.25, 0.3) is 0 Å². The number of amides is 2. The van der Waals surface area contributed by atoms with Crippen molar-refractivity contribution < 1.29 is 13.2 Å². The van der Waals surface area contributed by atoms with Gasteiger partial charge < -0.3 is 4.90 Å². The highest BCUT2D eigenvalue weighted by atomic mass is 32.2. The van der Waals surface area contributed by atoms with Crippen LogP contribution in [0.2, 0.25) is 0 Å². The van der Waals surface area contributed by atoms with Gasteiger partial charge in [-0.2, -0.15) is 0 Å². The van der Waals surface area contributed by atoms with Gasteiger partial charge in [0, 0.05) is 12.6 Å². The lowest BCUT2D eigenvalue weighted by atomic mass is 9.96. The molecule has 6 heteroatoms. The molecule has 126 valence electrons. The molecule has 0 radical (unpaired) electrons. The minimum atomic E-state index is -3.80. The van der Waals surface area contributed by atoms with E-state index in [0.29, 0.717) is 12.5 Å². The molecule has 1 aromatic carbocycles. The van der Waals surface area contributed by atoms with Gasteiger partial charge in [0.15, 0.2) is 0 Å². The molecule has 1 unspecified atom stereocenters. The molecule has 23 heavy (non-hydrogen) atoms. The molecule has 5 nitrogen and oxygen atoms in total. The Labute approximate surface area is 138 Å². The van der Waals surface area contributed by atoms with Crippen molar-refractivity contribution in [3.05, 3.63) is 29.8 Å². The third kappa shape index (κ3) is 3.52. The maximum absolute atomic E-state index is 12.5. The maximum Gasteiger partial charge on any atom is 0.331 e. The molecule has 2 fully saturated rings. The van der Waals surface area contributed by atoms with Crippen LogP contribution in [0.3, 0.4) is 0 Å². The first-order chi connectivity index (χ1) is 11.0. The van der Waals surface area contributed by atoms with E-state index in [4.69, 9.17) is 0 Å². The zero-order valence-corrected chi connectivity index (χ0v) is 14.3. The monoisotopic (exact) mass is 336 g/mol. The van der Waals surface area contributed by atoms with E-state index in [-0.39, 0.29) is 10.9 Å². The first kappa shape index (κ1) is 16.3. The summed E-state index contributed by atoms with van der Waals surface area (Å²) in [5, 5.41) is 0. The summed E-state index contributed by atoms with van der Waals surface area (Å²) in [7, 11) is -3.80. The van der Waals surface area contributed by atoms with Crippen LogP contribution >= 0.6 is 0 Å². The summed E-state index contributed by atoms with van der Waals surface area (Å²) in [5.74, 6) is 0.533. The van der Waals surface area contributed by atoms with Crippen LogP contribution < -0.4 is 4.72 Å². The Hall–Kier alpha value is -1.56. The van der Waals surface area contributed by atoms with Gasteiger partial charge in [0.25, 0.3) is 10.0 Å². The van der Waals surface area contributed by atoms with Crippen molar-refractivity contribution in [1.82, 2.24) is 9.62 Å². The summed E-state index contributed by atoms with van der Waals surface area (Å²) >= 11 is 0. The Morgan fingerprint density at radius 3 is 2.39 bits per heavy atom. The number of aryl methyl sites for hydroxylation is 1. The number of carbonyl (C=O) groups excluding carboxylic acids is 1. The smallest absolute Gasteiger partial charge is 0.321 e. The number of carbonyl (C=O) groups is 1. The van der Waals surface area contributed by atoms with E-state index in [1.54, 1.807) is 17.0 Å². The van der Waals surface area contributed by atoms with Crippen LogP contribution in [0.4, 0.5) is 4.79 Å². The fourth-order valence-corrected chi connectivity index (χ4v) is 4.79. The number of rotatable bonds is 3. The van der Waals surface area contributed by atoms with E-state index < -0.39 is 16.1 Å². The number of likely N-dealkylation sites (tertiary alicyclic amines) is 1. The molecule has 2 aliphatic rings. The van der Waals surface area contributed by atoms with Crippen LogP contribution in [0.5, 0.6) is 0 Å². The molecule has 2 amide bonds. The number of benzene rings is 1. The summed E-state index contributed by atoms with van der Waals surface area (Å²) in [6, 6.07) is 6.25. The molecular weight excluding hydrogens is 312 g/mol. The predicted molar refractivity (Wildman–Crippen MR) is 88.6 cm³/mol. The predicted octanol–water partition coefficient (Wildman–Crippen LogP) is 3.05. The van der Waals surface area contributed by atoms with E-state index in [0.717, 1.165) is 31.2 Å². The largest absolute Gasteiger partial charge is 0.331 e.